The van der Waals surface area contributed by atoms with Crippen LogP contribution in [0.4, 0.5) is 5.13 Å². The Labute approximate surface area is 132 Å². The molecule has 1 aromatic heterocycles. The summed E-state index contributed by atoms with van der Waals surface area (Å²) in [6.07, 6.45) is 0. The number of ketones is 1. The van der Waals surface area contributed by atoms with Gasteiger partial charge in [0.15, 0.2) is 10.9 Å². The van der Waals surface area contributed by atoms with Crippen LogP contribution in [-0.2, 0) is 0 Å². The molecule has 0 spiro atoms. The lowest BCUT2D eigenvalue weighted by Crippen LogP contribution is -2.12. The van der Waals surface area contributed by atoms with Gasteiger partial charge in [-0.3, -0.25) is 14.9 Å². The minimum absolute atomic E-state index is 0.131. The Morgan fingerprint density at radius 2 is 2.16 bits per heavy atom. The minimum Gasteiger partial charge on any atom is -0.298 e. The van der Waals surface area contributed by atoms with Crippen LogP contribution in [0.15, 0.2) is 23.6 Å². The normalized spacial score (nSPS) is 10.3. The van der Waals surface area contributed by atoms with E-state index in [1.54, 1.807) is 23.6 Å². The number of carbonyl (C=O) groups is 2. The maximum Gasteiger partial charge on any atom is 0.257 e. The molecular formula is C12H8ClIN2O2S. The molecule has 1 N–H and O–H groups in total. The zero-order valence-electron chi connectivity index (χ0n) is 9.74. The number of aromatic nitrogens is 1. The van der Waals surface area contributed by atoms with Gasteiger partial charge in [-0.15, -0.1) is 11.3 Å². The third-order valence-corrected chi connectivity index (χ3v) is 4.60. The van der Waals surface area contributed by atoms with Gasteiger partial charge < -0.3 is 0 Å². The zero-order chi connectivity index (χ0) is 14.0. The lowest BCUT2D eigenvalue weighted by Gasteiger charge is -2.03. The summed E-state index contributed by atoms with van der Waals surface area (Å²) < 4.78 is 0.879. The second-order valence-corrected chi connectivity index (χ2v) is 6.10. The highest BCUT2D eigenvalue weighted by molar-refractivity contribution is 14.1. The quantitative estimate of drug-likeness (QED) is 0.622. The van der Waals surface area contributed by atoms with Crippen molar-refractivity contribution in [2.45, 2.75) is 6.92 Å². The first-order valence-corrected chi connectivity index (χ1v) is 7.54. The van der Waals surface area contributed by atoms with Crippen LogP contribution >= 0.6 is 45.5 Å². The Hall–Kier alpha value is -0.990. The summed E-state index contributed by atoms with van der Waals surface area (Å²) in [7, 11) is 0. The molecule has 1 amide bonds. The molecule has 4 nitrogen and oxygen atoms in total. The van der Waals surface area contributed by atoms with Gasteiger partial charge in [0.2, 0.25) is 0 Å². The van der Waals surface area contributed by atoms with E-state index in [4.69, 9.17) is 11.6 Å². The SMILES string of the molecule is CC(=O)c1csc(NC(=O)c2ccc(I)c(Cl)c2)n1. The Morgan fingerprint density at radius 3 is 2.74 bits per heavy atom. The maximum atomic E-state index is 12.0. The Morgan fingerprint density at radius 1 is 1.42 bits per heavy atom. The predicted octanol–water partition coefficient (Wildman–Crippen LogP) is 3.86. The molecule has 2 rings (SSSR count). The van der Waals surface area contributed by atoms with Crippen molar-refractivity contribution in [3.63, 3.8) is 0 Å². The van der Waals surface area contributed by atoms with Crippen molar-refractivity contribution >= 4 is 62.4 Å². The number of hydrogen-bond acceptors (Lipinski definition) is 4. The number of carbonyl (C=O) groups excluding carboxylic acids is 2. The molecule has 1 aromatic carbocycles. The van der Waals surface area contributed by atoms with Crippen LogP contribution in [0.25, 0.3) is 0 Å². The topological polar surface area (TPSA) is 59.1 Å². The van der Waals surface area contributed by atoms with Gasteiger partial charge in [-0.2, -0.15) is 0 Å². The van der Waals surface area contributed by atoms with E-state index in [0.717, 1.165) is 3.57 Å². The van der Waals surface area contributed by atoms with Crippen LogP contribution in [0.1, 0.15) is 27.8 Å². The van der Waals surface area contributed by atoms with Crippen LogP contribution < -0.4 is 5.32 Å². The summed E-state index contributed by atoms with van der Waals surface area (Å²) >= 11 is 9.26. The standard InChI is InChI=1S/C12H8ClIN2O2S/c1-6(17)10-5-19-12(15-10)16-11(18)7-2-3-9(14)8(13)4-7/h2-5H,1H3,(H,15,16,18). The summed E-state index contributed by atoms with van der Waals surface area (Å²) in [5.74, 6) is -0.434. The smallest absolute Gasteiger partial charge is 0.257 e. The summed E-state index contributed by atoms with van der Waals surface area (Å²) in [5.41, 5.74) is 0.797. The van der Waals surface area contributed by atoms with Crippen molar-refractivity contribution in [1.29, 1.82) is 0 Å². The fourth-order valence-corrected chi connectivity index (χ4v) is 2.56. The van der Waals surface area contributed by atoms with Crippen molar-refractivity contribution in [2.75, 3.05) is 5.32 Å². The lowest BCUT2D eigenvalue weighted by atomic mass is 10.2. The first-order valence-electron chi connectivity index (χ1n) is 5.20. The summed E-state index contributed by atoms with van der Waals surface area (Å²) in [4.78, 5) is 27.1. The predicted molar refractivity (Wildman–Crippen MR) is 84.2 cm³/mol. The van der Waals surface area contributed by atoms with E-state index in [1.165, 1.54) is 18.3 Å². The Balaban J connectivity index is 2.15. The van der Waals surface area contributed by atoms with Gasteiger partial charge in [-0.25, -0.2) is 4.98 Å². The molecule has 19 heavy (non-hydrogen) atoms. The molecule has 0 saturated heterocycles. The van der Waals surface area contributed by atoms with Crippen molar-refractivity contribution < 1.29 is 9.59 Å². The number of Topliss-reactive ketones (excluding diaryl/α,β-unsaturated/α-hetero) is 1. The largest absolute Gasteiger partial charge is 0.298 e. The summed E-state index contributed by atoms with van der Waals surface area (Å²) in [6.45, 7) is 1.43. The number of amides is 1. The molecule has 1 heterocycles. The van der Waals surface area contributed by atoms with Crippen molar-refractivity contribution in [2.24, 2.45) is 0 Å². The maximum absolute atomic E-state index is 12.0. The molecule has 0 fully saturated rings. The van der Waals surface area contributed by atoms with Crippen molar-refractivity contribution in [3.05, 3.63) is 43.4 Å². The highest BCUT2D eigenvalue weighted by Gasteiger charge is 2.11. The molecule has 0 atom stereocenters. The van der Waals surface area contributed by atoms with Crippen LogP contribution in [0, 0.1) is 3.57 Å². The van der Waals surface area contributed by atoms with Gasteiger partial charge in [0.05, 0.1) is 5.02 Å². The molecule has 98 valence electrons. The highest BCUT2D eigenvalue weighted by Crippen LogP contribution is 2.21. The van der Waals surface area contributed by atoms with E-state index >= 15 is 0 Å². The van der Waals surface area contributed by atoms with Gasteiger partial charge in [0.25, 0.3) is 5.91 Å². The number of thiazole rings is 1. The average Bonchev–Trinajstić information content (AvgIpc) is 2.81. The van der Waals surface area contributed by atoms with Crippen LogP contribution in [0.5, 0.6) is 0 Å². The number of nitrogens with zero attached hydrogens (tertiary/aromatic N) is 1. The van der Waals surface area contributed by atoms with Crippen LogP contribution in [-0.4, -0.2) is 16.7 Å². The van der Waals surface area contributed by atoms with E-state index in [0.29, 0.717) is 21.4 Å². The number of benzene rings is 1. The van der Waals surface area contributed by atoms with Gasteiger partial charge in [0, 0.05) is 21.4 Å². The highest BCUT2D eigenvalue weighted by atomic mass is 127. The molecule has 0 radical (unpaired) electrons. The molecule has 0 aliphatic carbocycles. The van der Waals surface area contributed by atoms with E-state index in [-0.39, 0.29) is 11.7 Å². The molecule has 0 bridgehead atoms. The van der Waals surface area contributed by atoms with Crippen LogP contribution in [0.2, 0.25) is 5.02 Å². The van der Waals surface area contributed by atoms with E-state index in [1.807, 2.05) is 0 Å². The second-order valence-electron chi connectivity index (χ2n) is 3.68. The molecular weight excluding hydrogens is 399 g/mol. The lowest BCUT2D eigenvalue weighted by molar-refractivity contribution is 0.100. The molecule has 0 unspecified atom stereocenters. The summed E-state index contributed by atoms with van der Waals surface area (Å²) in [6, 6.07) is 5.04. The van der Waals surface area contributed by atoms with Gasteiger partial charge in [-0.1, -0.05) is 11.6 Å². The first kappa shape index (κ1) is 14.4. The van der Waals surface area contributed by atoms with Crippen molar-refractivity contribution in [3.8, 4) is 0 Å². The number of halogens is 2. The number of rotatable bonds is 3. The molecule has 7 heteroatoms. The molecule has 0 saturated carbocycles. The van der Waals surface area contributed by atoms with Crippen molar-refractivity contribution in [1.82, 2.24) is 4.98 Å². The van der Waals surface area contributed by atoms with E-state index in [2.05, 4.69) is 32.9 Å². The Bertz CT molecular complexity index is 657. The fraction of sp³-hybridized carbons (Fsp3) is 0.0833. The minimum atomic E-state index is -0.303. The number of hydrogen-bond donors (Lipinski definition) is 1. The summed E-state index contributed by atoms with van der Waals surface area (Å²) in [5, 5.41) is 5.16. The second kappa shape index (κ2) is 5.98. The van der Waals surface area contributed by atoms with E-state index < -0.39 is 0 Å². The number of nitrogens with one attached hydrogen (secondary N) is 1. The fourth-order valence-electron chi connectivity index (χ4n) is 1.30. The van der Waals surface area contributed by atoms with Crippen LogP contribution in [0.3, 0.4) is 0 Å². The Kier molecular flexibility index (Phi) is 4.54. The van der Waals surface area contributed by atoms with E-state index in [9.17, 15) is 9.59 Å². The number of anilines is 1. The van der Waals surface area contributed by atoms with Gasteiger partial charge in [-0.05, 0) is 40.8 Å². The molecule has 0 aliphatic heterocycles. The average molecular weight is 407 g/mol. The zero-order valence-corrected chi connectivity index (χ0v) is 13.5. The van der Waals surface area contributed by atoms with Gasteiger partial charge >= 0.3 is 0 Å². The third kappa shape index (κ3) is 3.52. The molecule has 2 aromatic rings. The third-order valence-electron chi connectivity index (χ3n) is 2.27. The monoisotopic (exact) mass is 406 g/mol. The van der Waals surface area contributed by atoms with Gasteiger partial charge in [0.1, 0.15) is 5.69 Å². The molecule has 0 aliphatic rings. The first-order chi connectivity index (χ1) is 8.97.